The Labute approximate surface area is 96.0 Å². The van der Waals surface area contributed by atoms with E-state index >= 15 is 0 Å². The van der Waals surface area contributed by atoms with Crippen LogP contribution in [0.25, 0.3) is 0 Å². The zero-order chi connectivity index (χ0) is 11.6. The predicted molar refractivity (Wildman–Crippen MR) is 60.2 cm³/mol. The normalized spacial score (nSPS) is 36.9. The Morgan fingerprint density at radius 3 is 2.69 bits per heavy atom. The Morgan fingerprint density at radius 1 is 1.25 bits per heavy atom. The van der Waals surface area contributed by atoms with Crippen molar-refractivity contribution >= 4 is 6.09 Å². The number of hydrogen-bond acceptors (Lipinski definition) is 3. The fourth-order valence-electron chi connectivity index (χ4n) is 3.14. The van der Waals surface area contributed by atoms with Crippen LogP contribution >= 0.6 is 0 Å². The van der Waals surface area contributed by atoms with Gasteiger partial charge in [0.15, 0.2) is 0 Å². The summed E-state index contributed by atoms with van der Waals surface area (Å²) in [5.74, 6) is 0. The Bertz CT molecular complexity index is 315. The van der Waals surface area contributed by atoms with Crippen molar-refractivity contribution in [1.82, 2.24) is 5.32 Å². The molecule has 16 heavy (non-hydrogen) atoms. The van der Waals surface area contributed by atoms with Gasteiger partial charge in [-0.3, -0.25) is 0 Å². The van der Waals surface area contributed by atoms with Crippen LogP contribution in [0.3, 0.4) is 0 Å². The highest BCUT2D eigenvalue weighted by Crippen LogP contribution is 2.48. The molecule has 0 bridgehead atoms. The van der Waals surface area contributed by atoms with Gasteiger partial charge in [-0.15, -0.1) is 0 Å². The second kappa shape index (κ2) is 4.09. The summed E-state index contributed by atoms with van der Waals surface area (Å²) in [4.78, 5) is 11.5. The van der Waals surface area contributed by atoms with E-state index < -0.39 is 0 Å². The van der Waals surface area contributed by atoms with Gasteiger partial charge in [0.2, 0.25) is 0 Å². The van der Waals surface area contributed by atoms with Gasteiger partial charge in [-0.2, -0.15) is 0 Å². The van der Waals surface area contributed by atoms with E-state index in [4.69, 9.17) is 9.47 Å². The highest BCUT2D eigenvalue weighted by molar-refractivity contribution is 5.68. The minimum atomic E-state index is -0.362. The number of amides is 1. The molecule has 1 N–H and O–H groups in total. The van der Waals surface area contributed by atoms with Crippen LogP contribution in [0.4, 0.5) is 4.79 Å². The molecule has 0 spiro atoms. The molecule has 0 aromatic heterocycles. The quantitative estimate of drug-likeness (QED) is 0.731. The Kier molecular flexibility index (Phi) is 2.93. The fraction of sp³-hybridized carbons (Fsp3) is 0.750. The van der Waals surface area contributed by atoms with E-state index in [2.05, 4.69) is 17.5 Å². The van der Waals surface area contributed by atoms with Crippen molar-refractivity contribution in [3.8, 4) is 0 Å². The molecule has 1 saturated carbocycles. The zero-order valence-corrected chi connectivity index (χ0v) is 9.91. The Morgan fingerprint density at radius 2 is 2.00 bits per heavy atom. The van der Waals surface area contributed by atoms with E-state index in [-0.39, 0.29) is 17.2 Å². The molecule has 4 nitrogen and oxygen atoms in total. The van der Waals surface area contributed by atoms with E-state index in [9.17, 15) is 4.79 Å². The van der Waals surface area contributed by atoms with Gasteiger partial charge in [-0.25, -0.2) is 4.79 Å². The number of nitrogens with one attached hydrogen (secondary N) is 1. The minimum Gasteiger partial charge on any atom is -0.453 e. The zero-order valence-electron chi connectivity index (χ0n) is 9.91. The number of alkyl carbamates (subject to hydrolysis) is 1. The molecular weight excluding hydrogens is 206 g/mol. The van der Waals surface area contributed by atoms with Crippen molar-refractivity contribution in [3.63, 3.8) is 0 Å². The average molecular weight is 225 g/mol. The lowest BCUT2D eigenvalue weighted by atomic mass is 9.74. The van der Waals surface area contributed by atoms with Crippen LogP contribution in [-0.2, 0) is 9.47 Å². The SMILES string of the molecule is COC(=O)N[C@]12CC=CC[C@]1(OC)CCC2. The van der Waals surface area contributed by atoms with E-state index in [0.717, 1.165) is 32.1 Å². The summed E-state index contributed by atoms with van der Waals surface area (Å²) < 4.78 is 10.4. The van der Waals surface area contributed by atoms with Crippen LogP contribution < -0.4 is 5.32 Å². The van der Waals surface area contributed by atoms with Crippen molar-refractivity contribution in [3.05, 3.63) is 12.2 Å². The van der Waals surface area contributed by atoms with Gasteiger partial charge in [0.05, 0.1) is 18.2 Å². The molecule has 2 aliphatic carbocycles. The number of hydrogen-bond donors (Lipinski definition) is 1. The number of fused-ring (bicyclic) bond motifs is 1. The first-order valence-corrected chi connectivity index (χ1v) is 5.74. The van der Waals surface area contributed by atoms with Crippen LogP contribution in [0.2, 0.25) is 0 Å². The molecule has 0 unspecified atom stereocenters. The molecule has 90 valence electrons. The standard InChI is InChI=1S/C12H19NO3/c1-15-10(14)13-11-6-3-4-8-12(11,16-2)9-5-7-11/h3-4H,5-9H2,1-2H3,(H,13,14)/t11-,12-/m0/s1. The molecular formula is C12H19NO3. The van der Waals surface area contributed by atoms with Gasteiger partial charge in [0.1, 0.15) is 0 Å². The lowest BCUT2D eigenvalue weighted by Gasteiger charge is -2.46. The maximum Gasteiger partial charge on any atom is 0.407 e. The summed E-state index contributed by atoms with van der Waals surface area (Å²) in [6, 6.07) is 0. The third-order valence-corrected chi connectivity index (χ3v) is 4.05. The molecule has 4 heteroatoms. The smallest absolute Gasteiger partial charge is 0.407 e. The molecule has 0 aliphatic heterocycles. The summed E-state index contributed by atoms with van der Waals surface area (Å²) >= 11 is 0. The maximum atomic E-state index is 11.5. The van der Waals surface area contributed by atoms with Gasteiger partial charge in [-0.05, 0) is 32.1 Å². The van der Waals surface area contributed by atoms with E-state index in [0.29, 0.717) is 0 Å². The first-order chi connectivity index (χ1) is 7.68. The monoisotopic (exact) mass is 225 g/mol. The maximum absolute atomic E-state index is 11.5. The molecule has 1 fully saturated rings. The summed E-state index contributed by atoms with van der Waals surface area (Å²) in [7, 11) is 3.13. The Hall–Kier alpha value is -1.03. The lowest BCUT2D eigenvalue weighted by molar-refractivity contribution is -0.0669. The molecule has 0 aromatic rings. The number of rotatable bonds is 2. The highest BCUT2D eigenvalue weighted by atomic mass is 16.5. The van der Waals surface area contributed by atoms with Gasteiger partial charge in [0.25, 0.3) is 0 Å². The van der Waals surface area contributed by atoms with Crippen molar-refractivity contribution in [2.45, 2.75) is 43.2 Å². The number of ether oxygens (including phenoxy) is 2. The lowest BCUT2D eigenvalue weighted by Crippen LogP contribution is -2.62. The van der Waals surface area contributed by atoms with Crippen LogP contribution in [-0.4, -0.2) is 31.5 Å². The summed E-state index contributed by atoms with van der Waals surface area (Å²) in [6.07, 6.45) is 8.64. The molecule has 0 aromatic carbocycles. The first-order valence-electron chi connectivity index (χ1n) is 5.74. The van der Waals surface area contributed by atoms with Crippen molar-refractivity contribution in [2.24, 2.45) is 0 Å². The molecule has 1 amide bonds. The third-order valence-electron chi connectivity index (χ3n) is 4.05. The van der Waals surface area contributed by atoms with Gasteiger partial charge in [-0.1, -0.05) is 12.2 Å². The summed E-state index contributed by atoms with van der Waals surface area (Å²) in [5, 5.41) is 3.00. The average Bonchev–Trinajstić information content (AvgIpc) is 2.68. The summed E-state index contributed by atoms with van der Waals surface area (Å²) in [6.45, 7) is 0. The number of carbonyl (C=O) groups excluding carboxylic acids is 1. The Balaban J connectivity index is 2.27. The van der Waals surface area contributed by atoms with Gasteiger partial charge >= 0.3 is 6.09 Å². The molecule has 0 radical (unpaired) electrons. The van der Waals surface area contributed by atoms with Gasteiger partial charge < -0.3 is 14.8 Å². The van der Waals surface area contributed by atoms with Crippen LogP contribution in [0.1, 0.15) is 32.1 Å². The molecule has 2 aliphatic rings. The third kappa shape index (κ3) is 1.52. The number of methoxy groups -OCH3 is 2. The number of carbonyl (C=O) groups is 1. The predicted octanol–water partition coefficient (Wildman–Crippen LogP) is 2.00. The molecule has 0 heterocycles. The van der Waals surface area contributed by atoms with E-state index in [1.54, 1.807) is 7.11 Å². The molecule has 0 saturated heterocycles. The van der Waals surface area contributed by atoms with Gasteiger partial charge in [0, 0.05) is 7.11 Å². The topological polar surface area (TPSA) is 47.6 Å². The molecule has 2 atom stereocenters. The second-order valence-corrected chi connectivity index (χ2v) is 4.63. The molecule has 2 rings (SSSR count). The van der Waals surface area contributed by atoms with Crippen molar-refractivity contribution < 1.29 is 14.3 Å². The largest absolute Gasteiger partial charge is 0.453 e. The van der Waals surface area contributed by atoms with E-state index in [1.807, 2.05) is 0 Å². The van der Waals surface area contributed by atoms with Crippen molar-refractivity contribution in [1.29, 1.82) is 0 Å². The fourth-order valence-corrected chi connectivity index (χ4v) is 3.14. The highest BCUT2D eigenvalue weighted by Gasteiger charge is 2.56. The van der Waals surface area contributed by atoms with Crippen LogP contribution in [0, 0.1) is 0 Å². The van der Waals surface area contributed by atoms with Crippen LogP contribution in [0.15, 0.2) is 12.2 Å². The first kappa shape index (κ1) is 11.5. The van der Waals surface area contributed by atoms with Crippen LogP contribution in [0.5, 0.6) is 0 Å². The second-order valence-electron chi connectivity index (χ2n) is 4.63. The summed E-state index contributed by atoms with van der Waals surface area (Å²) in [5.41, 5.74) is -0.514. The van der Waals surface area contributed by atoms with E-state index in [1.165, 1.54) is 7.11 Å². The minimum absolute atomic E-state index is 0.240. The van der Waals surface area contributed by atoms with Crippen molar-refractivity contribution in [2.75, 3.05) is 14.2 Å².